The van der Waals surface area contributed by atoms with E-state index >= 15 is 0 Å². The van der Waals surface area contributed by atoms with Gasteiger partial charge in [0.15, 0.2) is 5.43 Å². The number of halogens is 1. The number of benzene rings is 3. The molecule has 0 spiro atoms. The summed E-state index contributed by atoms with van der Waals surface area (Å²) in [6, 6.07) is 21.1. The fraction of sp³-hybridized carbons (Fsp3) is 0.0833. The highest BCUT2D eigenvalue weighted by molar-refractivity contribution is 7.25. The molecule has 0 atom stereocenters. The van der Waals surface area contributed by atoms with E-state index < -0.39 is 0 Å². The second-order valence-corrected chi connectivity index (χ2v) is 8.66. The minimum absolute atomic E-state index is 0.0126. The van der Waals surface area contributed by atoms with Gasteiger partial charge in [0.2, 0.25) is 0 Å². The molecule has 0 unspecified atom stereocenters. The summed E-state index contributed by atoms with van der Waals surface area (Å²) in [5.74, 6) is 0.734. The molecule has 0 aliphatic rings. The number of nitrogens with two attached hydrogens (primary N) is 1. The second kappa shape index (κ2) is 7.59. The molecule has 148 valence electrons. The summed E-state index contributed by atoms with van der Waals surface area (Å²) in [7, 11) is 0. The first-order valence-electron chi connectivity index (χ1n) is 9.63. The van der Waals surface area contributed by atoms with Gasteiger partial charge in [-0.25, -0.2) is 4.98 Å². The Bertz CT molecular complexity index is 1460. The number of aromatic nitrogens is 1. The number of anilines is 2. The third kappa shape index (κ3) is 3.36. The van der Waals surface area contributed by atoms with Crippen molar-refractivity contribution in [2.24, 2.45) is 0 Å². The number of pyridine rings is 1. The summed E-state index contributed by atoms with van der Waals surface area (Å²) in [6.07, 6.45) is 0.828. The monoisotopic (exact) mass is 431 g/mol. The Morgan fingerprint density at radius 2 is 1.80 bits per heavy atom. The molecule has 5 rings (SSSR count). The maximum Gasteiger partial charge on any atom is 0.196 e. The maximum atomic E-state index is 13.4. The second-order valence-electron chi connectivity index (χ2n) is 7.17. The zero-order valence-electron chi connectivity index (χ0n) is 16.0. The van der Waals surface area contributed by atoms with Crippen molar-refractivity contribution < 1.29 is 0 Å². The molecule has 2 aromatic heterocycles. The van der Waals surface area contributed by atoms with Gasteiger partial charge in [0.05, 0.1) is 15.6 Å². The first-order valence-corrected chi connectivity index (χ1v) is 10.8. The topological polar surface area (TPSA) is 68.0 Å². The van der Waals surface area contributed by atoms with Gasteiger partial charge in [-0.05, 0) is 48.4 Å². The SMILES string of the molecule is Nc1ccc(CCNc2nc3ccccc3c3c(=O)c4cc(Cl)ccc4sc23)cc1. The highest BCUT2D eigenvalue weighted by Gasteiger charge is 2.15. The van der Waals surface area contributed by atoms with E-state index in [1.807, 2.05) is 60.7 Å². The van der Waals surface area contributed by atoms with Crippen LogP contribution in [0.1, 0.15) is 5.56 Å². The molecule has 0 aliphatic heterocycles. The van der Waals surface area contributed by atoms with E-state index in [0.29, 0.717) is 22.3 Å². The van der Waals surface area contributed by atoms with Crippen LogP contribution in [0.4, 0.5) is 11.5 Å². The van der Waals surface area contributed by atoms with E-state index in [-0.39, 0.29) is 5.43 Å². The summed E-state index contributed by atoms with van der Waals surface area (Å²) in [6.45, 7) is 0.698. The van der Waals surface area contributed by atoms with E-state index in [1.165, 1.54) is 5.56 Å². The Hall–Kier alpha value is -3.15. The van der Waals surface area contributed by atoms with Gasteiger partial charge >= 0.3 is 0 Å². The minimum Gasteiger partial charge on any atom is -0.399 e. The molecule has 3 aromatic carbocycles. The molecule has 5 aromatic rings. The van der Waals surface area contributed by atoms with E-state index in [1.54, 1.807) is 17.4 Å². The Kier molecular flexibility index (Phi) is 4.77. The Balaban J connectivity index is 1.64. The highest BCUT2D eigenvalue weighted by atomic mass is 35.5. The minimum atomic E-state index is -0.0126. The zero-order valence-corrected chi connectivity index (χ0v) is 17.6. The van der Waals surface area contributed by atoms with Crippen LogP contribution in [-0.2, 0) is 6.42 Å². The smallest absolute Gasteiger partial charge is 0.196 e. The van der Waals surface area contributed by atoms with Crippen LogP contribution in [0.2, 0.25) is 5.02 Å². The van der Waals surface area contributed by atoms with Crippen molar-refractivity contribution in [2.75, 3.05) is 17.6 Å². The summed E-state index contributed by atoms with van der Waals surface area (Å²) < 4.78 is 1.77. The van der Waals surface area contributed by atoms with Crippen LogP contribution in [0.3, 0.4) is 0 Å². The molecule has 0 aliphatic carbocycles. The normalized spacial score (nSPS) is 11.4. The van der Waals surface area contributed by atoms with Crippen molar-refractivity contribution in [3.05, 3.63) is 87.5 Å². The molecular formula is C24H18ClN3OS. The number of para-hydroxylation sites is 1. The average Bonchev–Trinajstić information content (AvgIpc) is 2.75. The molecule has 6 heteroatoms. The number of fused-ring (bicyclic) bond motifs is 4. The van der Waals surface area contributed by atoms with Crippen LogP contribution >= 0.6 is 22.9 Å². The fourth-order valence-electron chi connectivity index (χ4n) is 3.66. The Morgan fingerprint density at radius 1 is 1.00 bits per heavy atom. The average molecular weight is 432 g/mol. The predicted molar refractivity (Wildman–Crippen MR) is 129 cm³/mol. The van der Waals surface area contributed by atoms with Gasteiger partial charge in [-0.2, -0.15) is 0 Å². The summed E-state index contributed by atoms with van der Waals surface area (Å²) in [5.41, 5.74) is 8.50. The third-order valence-electron chi connectivity index (χ3n) is 5.16. The lowest BCUT2D eigenvalue weighted by Gasteiger charge is -2.12. The van der Waals surface area contributed by atoms with Crippen LogP contribution in [0.15, 0.2) is 71.5 Å². The lowest BCUT2D eigenvalue weighted by Crippen LogP contribution is -2.09. The molecule has 4 nitrogen and oxygen atoms in total. The van der Waals surface area contributed by atoms with Crippen molar-refractivity contribution in [3.63, 3.8) is 0 Å². The highest BCUT2D eigenvalue weighted by Crippen LogP contribution is 2.34. The van der Waals surface area contributed by atoms with Gasteiger partial charge in [-0.1, -0.05) is 41.9 Å². The lowest BCUT2D eigenvalue weighted by molar-refractivity contribution is 1.01. The quantitative estimate of drug-likeness (QED) is 0.212. The molecule has 0 bridgehead atoms. The number of hydrogen-bond donors (Lipinski definition) is 2. The molecule has 0 fully saturated rings. The lowest BCUT2D eigenvalue weighted by atomic mass is 10.1. The summed E-state index contributed by atoms with van der Waals surface area (Å²) >= 11 is 7.72. The maximum absolute atomic E-state index is 13.4. The van der Waals surface area contributed by atoms with E-state index in [9.17, 15) is 4.79 Å². The van der Waals surface area contributed by atoms with Crippen molar-refractivity contribution in [3.8, 4) is 0 Å². The molecule has 0 saturated heterocycles. The number of nitrogens with zero attached hydrogens (tertiary/aromatic N) is 1. The standard InChI is InChI=1S/C24H18ClN3OS/c25-15-7-10-20-18(13-15)22(29)21-17-3-1-2-4-19(17)28-24(23(21)30-20)27-12-11-14-5-8-16(26)9-6-14/h1-10,13H,11-12,26H2,(H,27,28). The van der Waals surface area contributed by atoms with E-state index in [0.717, 1.165) is 38.2 Å². The van der Waals surface area contributed by atoms with Crippen LogP contribution in [0, 0.1) is 0 Å². The van der Waals surface area contributed by atoms with Crippen molar-refractivity contribution >= 4 is 65.5 Å². The number of hydrogen-bond acceptors (Lipinski definition) is 5. The van der Waals surface area contributed by atoms with Crippen LogP contribution in [-0.4, -0.2) is 11.5 Å². The summed E-state index contributed by atoms with van der Waals surface area (Å²) in [5, 5.41) is 6.20. The van der Waals surface area contributed by atoms with Crippen molar-refractivity contribution in [2.45, 2.75) is 6.42 Å². The van der Waals surface area contributed by atoms with Gasteiger partial charge in [0.25, 0.3) is 0 Å². The largest absolute Gasteiger partial charge is 0.399 e. The van der Waals surface area contributed by atoms with Gasteiger partial charge in [-0.15, -0.1) is 11.3 Å². The van der Waals surface area contributed by atoms with E-state index in [2.05, 4.69) is 5.32 Å². The molecular weight excluding hydrogens is 414 g/mol. The number of rotatable bonds is 4. The van der Waals surface area contributed by atoms with E-state index in [4.69, 9.17) is 22.3 Å². The van der Waals surface area contributed by atoms with Gasteiger partial charge < -0.3 is 11.1 Å². The predicted octanol–water partition coefficient (Wildman–Crippen LogP) is 5.85. The van der Waals surface area contributed by atoms with Gasteiger partial charge in [-0.3, -0.25) is 4.79 Å². The molecule has 0 amide bonds. The Labute approximate surface area is 181 Å². The Morgan fingerprint density at radius 3 is 2.63 bits per heavy atom. The fourth-order valence-corrected chi connectivity index (χ4v) is 4.97. The van der Waals surface area contributed by atoms with Crippen LogP contribution in [0.5, 0.6) is 0 Å². The van der Waals surface area contributed by atoms with Crippen molar-refractivity contribution in [1.82, 2.24) is 4.98 Å². The number of nitrogens with one attached hydrogen (secondary N) is 1. The molecule has 2 heterocycles. The van der Waals surface area contributed by atoms with Crippen LogP contribution < -0.4 is 16.5 Å². The molecule has 3 N–H and O–H groups in total. The molecule has 30 heavy (non-hydrogen) atoms. The molecule has 0 radical (unpaired) electrons. The third-order valence-corrected chi connectivity index (χ3v) is 6.57. The van der Waals surface area contributed by atoms with Gasteiger partial charge in [0, 0.05) is 32.7 Å². The van der Waals surface area contributed by atoms with Crippen LogP contribution in [0.25, 0.3) is 31.1 Å². The zero-order chi connectivity index (χ0) is 20.7. The van der Waals surface area contributed by atoms with Crippen molar-refractivity contribution in [1.29, 1.82) is 0 Å². The molecule has 0 saturated carbocycles. The van der Waals surface area contributed by atoms with Gasteiger partial charge in [0.1, 0.15) is 5.82 Å². The summed E-state index contributed by atoms with van der Waals surface area (Å²) in [4.78, 5) is 18.2. The number of nitrogen functional groups attached to an aromatic ring is 1. The first kappa shape index (κ1) is 18.9. The first-order chi connectivity index (χ1) is 14.6.